The number of piperidine rings is 1. The van der Waals surface area contributed by atoms with Gasteiger partial charge in [-0.05, 0) is 56.8 Å². The summed E-state index contributed by atoms with van der Waals surface area (Å²) in [7, 11) is 2.03. The molecule has 33 heavy (non-hydrogen) atoms. The number of anilines is 1. The highest BCUT2D eigenvalue weighted by Crippen LogP contribution is 2.40. The number of rotatable bonds is 6. The average molecular weight is 443 g/mol. The van der Waals surface area contributed by atoms with E-state index >= 15 is 0 Å². The summed E-state index contributed by atoms with van der Waals surface area (Å²) >= 11 is 0. The number of hydrogen-bond donors (Lipinski definition) is 2. The summed E-state index contributed by atoms with van der Waals surface area (Å²) in [5.41, 5.74) is 2.62. The highest BCUT2D eigenvalue weighted by Gasteiger charge is 2.42. The molecule has 2 fully saturated rings. The van der Waals surface area contributed by atoms with Crippen molar-refractivity contribution in [1.29, 1.82) is 0 Å². The summed E-state index contributed by atoms with van der Waals surface area (Å²) in [6.45, 7) is 2.00. The van der Waals surface area contributed by atoms with Crippen LogP contribution in [-0.4, -0.2) is 36.6 Å². The standard InChI is InChI=1S/C28H34N4O/c1-29-28(16-8-9-17-28)26(21-12-4-2-5-13-21)31-27(33)23-20-25(32-18-10-3-11-19-32)30-24-15-7-6-14-22(23)24/h2,4-7,12-15,20,26,29H,3,8-11,16-19H2,1H3,(H,31,33). The molecule has 5 heteroatoms. The van der Waals surface area contributed by atoms with Gasteiger partial charge < -0.3 is 15.5 Å². The van der Waals surface area contributed by atoms with Crippen LogP contribution in [0.1, 0.15) is 66.9 Å². The Hall–Kier alpha value is -2.92. The van der Waals surface area contributed by atoms with Gasteiger partial charge in [-0.3, -0.25) is 4.79 Å². The van der Waals surface area contributed by atoms with Crippen molar-refractivity contribution in [2.24, 2.45) is 0 Å². The molecule has 2 N–H and O–H groups in total. The SMILES string of the molecule is CNC1(C(NC(=O)c2cc(N3CCCCC3)nc3ccccc23)c2ccccc2)CCCC1. The van der Waals surface area contributed by atoms with E-state index < -0.39 is 0 Å². The summed E-state index contributed by atoms with van der Waals surface area (Å²) in [6.07, 6.45) is 8.09. The van der Waals surface area contributed by atoms with Crippen molar-refractivity contribution in [3.05, 3.63) is 71.8 Å². The lowest BCUT2D eigenvalue weighted by Gasteiger charge is -2.38. The molecule has 3 aromatic rings. The Balaban J connectivity index is 1.54. The highest BCUT2D eigenvalue weighted by molar-refractivity contribution is 6.07. The van der Waals surface area contributed by atoms with Gasteiger partial charge in [-0.2, -0.15) is 0 Å². The van der Waals surface area contributed by atoms with E-state index in [0.717, 1.165) is 48.2 Å². The number of pyridine rings is 1. The number of nitrogens with one attached hydrogen (secondary N) is 2. The molecular formula is C28H34N4O. The Kier molecular flexibility index (Phi) is 6.32. The van der Waals surface area contributed by atoms with Crippen molar-refractivity contribution < 1.29 is 4.79 Å². The van der Waals surface area contributed by atoms with Gasteiger partial charge in [-0.25, -0.2) is 4.98 Å². The molecule has 1 unspecified atom stereocenters. The van der Waals surface area contributed by atoms with Gasteiger partial charge in [0.25, 0.3) is 5.91 Å². The Morgan fingerprint density at radius 1 is 0.939 bits per heavy atom. The number of carbonyl (C=O) groups is 1. The van der Waals surface area contributed by atoms with Crippen molar-refractivity contribution in [2.45, 2.75) is 56.5 Å². The van der Waals surface area contributed by atoms with Gasteiger partial charge in [-0.1, -0.05) is 61.4 Å². The van der Waals surface area contributed by atoms with Crippen LogP contribution in [0, 0.1) is 0 Å². The second kappa shape index (κ2) is 9.52. The van der Waals surface area contributed by atoms with E-state index in [1.54, 1.807) is 0 Å². The van der Waals surface area contributed by atoms with Crippen LogP contribution in [0.2, 0.25) is 0 Å². The molecule has 0 bridgehead atoms. The first-order valence-corrected chi connectivity index (χ1v) is 12.4. The van der Waals surface area contributed by atoms with Gasteiger partial charge in [-0.15, -0.1) is 0 Å². The Morgan fingerprint density at radius 3 is 2.36 bits per heavy atom. The average Bonchev–Trinajstić information content (AvgIpc) is 3.37. The molecule has 2 heterocycles. The zero-order valence-corrected chi connectivity index (χ0v) is 19.5. The predicted octanol–water partition coefficient (Wildman–Crippen LogP) is 5.23. The number of para-hydroxylation sites is 1. The van der Waals surface area contributed by atoms with Crippen LogP contribution in [0.4, 0.5) is 5.82 Å². The summed E-state index contributed by atoms with van der Waals surface area (Å²) in [5, 5.41) is 7.97. The van der Waals surface area contributed by atoms with E-state index in [2.05, 4.69) is 39.8 Å². The topological polar surface area (TPSA) is 57.3 Å². The van der Waals surface area contributed by atoms with Crippen molar-refractivity contribution >= 4 is 22.6 Å². The fraction of sp³-hybridized carbons (Fsp3) is 0.429. The molecule has 1 saturated heterocycles. The summed E-state index contributed by atoms with van der Waals surface area (Å²) in [6, 6.07) is 20.3. The molecule has 1 atom stereocenters. The molecule has 0 radical (unpaired) electrons. The number of likely N-dealkylation sites (N-methyl/N-ethyl adjacent to an activating group) is 1. The zero-order valence-electron chi connectivity index (χ0n) is 19.5. The second-order valence-corrected chi connectivity index (χ2v) is 9.52. The van der Waals surface area contributed by atoms with E-state index in [1.165, 1.54) is 32.1 Å². The highest BCUT2D eigenvalue weighted by atomic mass is 16.1. The number of nitrogens with zero attached hydrogens (tertiary/aromatic N) is 2. The third kappa shape index (κ3) is 4.34. The second-order valence-electron chi connectivity index (χ2n) is 9.52. The number of hydrogen-bond acceptors (Lipinski definition) is 4. The number of fused-ring (bicyclic) bond motifs is 1. The van der Waals surface area contributed by atoms with Gasteiger partial charge >= 0.3 is 0 Å². The van der Waals surface area contributed by atoms with Crippen molar-refractivity contribution in [3.8, 4) is 0 Å². The van der Waals surface area contributed by atoms with Crippen LogP contribution in [0.25, 0.3) is 10.9 Å². The minimum Gasteiger partial charge on any atom is -0.357 e. The quantitative estimate of drug-likeness (QED) is 0.549. The third-order valence-corrected chi connectivity index (χ3v) is 7.58. The van der Waals surface area contributed by atoms with Crippen LogP contribution in [0.15, 0.2) is 60.7 Å². The first-order chi connectivity index (χ1) is 16.2. The predicted molar refractivity (Wildman–Crippen MR) is 135 cm³/mol. The maximum absolute atomic E-state index is 13.9. The van der Waals surface area contributed by atoms with E-state index in [9.17, 15) is 4.79 Å². The molecule has 2 aliphatic rings. The van der Waals surface area contributed by atoms with E-state index in [-0.39, 0.29) is 17.5 Å². The third-order valence-electron chi connectivity index (χ3n) is 7.58. The van der Waals surface area contributed by atoms with Gasteiger partial charge in [0.2, 0.25) is 0 Å². The van der Waals surface area contributed by atoms with Crippen LogP contribution in [0.3, 0.4) is 0 Å². The van der Waals surface area contributed by atoms with E-state index in [4.69, 9.17) is 4.98 Å². The minimum absolute atomic E-state index is 0.0257. The number of amides is 1. The molecule has 1 aliphatic heterocycles. The lowest BCUT2D eigenvalue weighted by atomic mass is 9.83. The van der Waals surface area contributed by atoms with Crippen LogP contribution in [0.5, 0.6) is 0 Å². The smallest absolute Gasteiger partial charge is 0.252 e. The number of aromatic nitrogens is 1. The van der Waals surface area contributed by atoms with Gasteiger partial charge in [0.1, 0.15) is 5.82 Å². The van der Waals surface area contributed by atoms with E-state index in [0.29, 0.717) is 5.56 Å². The maximum atomic E-state index is 13.9. The van der Waals surface area contributed by atoms with E-state index in [1.807, 2.05) is 43.4 Å². The molecule has 0 spiro atoms. The molecular weight excluding hydrogens is 408 g/mol. The fourth-order valence-electron chi connectivity index (χ4n) is 5.72. The molecule has 2 aromatic carbocycles. The van der Waals surface area contributed by atoms with Crippen molar-refractivity contribution in [1.82, 2.24) is 15.6 Å². The minimum atomic E-state index is -0.129. The number of benzene rings is 2. The van der Waals surface area contributed by atoms with Gasteiger partial charge in [0.05, 0.1) is 17.1 Å². The normalized spacial score (nSPS) is 18.9. The molecule has 1 amide bonds. The lowest BCUT2D eigenvalue weighted by Crippen LogP contribution is -2.52. The molecule has 5 rings (SSSR count). The van der Waals surface area contributed by atoms with Crippen LogP contribution in [-0.2, 0) is 0 Å². The fourth-order valence-corrected chi connectivity index (χ4v) is 5.72. The molecule has 1 saturated carbocycles. The molecule has 5 nitrogen and oxygen atoms in total. The van der Waals surface area contributed by atoms with Crippen LogP contribution < -0.4 is 15.5 Å². The van der Waals surface area contributed by atoms with Crippen molar-refractivity contribution in [3.63, 3.8) is 0 Å². The summed E-state index contributed by atoms with van der Waals surface area (Å²) in [5.74, 6) is 0.890. The molecule has 1 aromatic heterocycles. The largest absolute Gasteiger partial charge is 0.357 e. The lowest BCUT2D eigenvalue weighted by molar-refractivity contribution is 0.0905. The monoisotopic (exact) mass is 442 g/mol. The Bertz CT molecular complexity index is 1100. The molecule has 172 valence electrons. The maximum Gasteiger partial charge on any atom is 0.252 e. The Labute approximate surface area is 196 Å². The Morgan fingerprint density at radius 2 is 1.64 bits per heavy atom. The van der Waals surface area contributed by atoms with Gasteiger partial charge in [0.15, 0.2) is 0 Å². The first-order valence-electron chi connectivity index (χ1n) is 12.4. The summed E-state index contributed by atoms with van der Waals surface area (Å²) < 4.78 is 0. The van der Waals surface area contributed by atoms with Gasteiger partial charge in [0, 0.05) is 24.0 Å². The zero-order chi connectivity index (χ0) is 22.7. The first kappa shape index (κ1) is 21.9. The van der Waals surface area contributed by atoms with Crippen molar-refractivity contribution in [2.75, 3.05) is 25.0 Å². The summed E-state index contributed by atoms with van der Waals surface area (Å²) in [4.78, 5) is 21.2. The molecule has 1 aliphatic carbocycles. The van der Waals surface area contributed by atoms with Crippen LogP contribution >= 0.6 is 0 Å². The number of carbonyl (C=O) groups excluding carboxylic acids is 1.